The molecule has 1 aromatic heterocycles. The zero-order valence-corrected chi connectivity index (χ0v) is 16.5. The molecule has 29 heavy (non-hydrogen) atoms. The van der Waals surface area contributed by atoms with Gasteiger partial charge in [0, 0.05) is 37.9 Å². The van der Waals surface area contributed by atoms with Crippen molar-refractivity contribution in [2.45, 2.75) is 30.8 Å². The van der Waals surface area contributed by atoms with Crippen LogP contribution in [0.3, 0.4) is 0 Å². The average molecular weight is 394 g/mol. The van der Waals surface area contributed by atoms with Crippen LogP contribution in [0.15, 0.2) is 54.9 Å². The molecule has 1 aromatic carbocycles. The molecule has 2 N–H and O–H groups in total. The van der Waals surface area contributed by atoms with Gasteiger partial charge in [0.05, 0.1) is 23.8 Å². The molecule has 1 spiro atoms. The minimum absolute atomic E-state index is 0.0148. The van der Waals surface area contributed by atoms with E-state index in [2.05, 4.69) is 10.3 Å². The number of aliphatic hydroxyl groups is 1. The fourth-order valence-electron chi connectivity index (χ4n) is 4.73. The van der Waals surface area contributed by atoms with Gasteiger partial charge in [-0.15, -0.1) is 0 Å². The number of aliphatic hydroxyl groups excluding tert-OH is 1. The van der Waals surface area contributed by atoms with Gasteiger partial charge in [-0.25, -0.2) is 4.79 Å². The standard InChI is InChI=1S/C22H26N4O3/c1-2-10-24-21(29)26-18(13-27)19(16-7-4-3-5-8-16)22(26)14-25(15-22)20(28)17-9-6-11-23-12-17/h3-9,11-12,18-19,27H,2,10,13-15H2,1H3,(H,24,29)/t18-,19+/m0/s1. The zero-order valence-electron chi connectivity index (χ0n) is 16.5. The van der Waals surface area contributed by atoms with Crippen LogP contribution in [0.1, 0.15) is 35.2 Å². The van der Waals surface area contributed by atoms with Crippen molar-refractivity contribution in [3.63, 3.8) is 0 Å². The summed E-state index contributed by atoms with van der Waals surface area (Å²) >= 11 is 0. The van der Waals surface area contributed by atoms with Crippen molar-refractivity contribution in [1.82, 2.24) is 20.1 Å². The number of pyridine rings is 1. The third-order valence-corrected chi connectivity index (χ3v) is 5.99. The quantitative estimate of drug-likeness (QED) is 0.811. The number of hydrogen-bond acceptors (Lipinski definition) is 4. The number of amides is 3. The Labute approximate surface area is 170 Å². The highest BCUT2D eigenvalue weighted by Crippen LogP contribution is 2.53. The Bertz CT molecular complexity index is 868. The second kappa shape index (κ2) is 7.83. The molecule has 0 saturated carbocycles. The monoisotopic (exact) mass is 394 g/mol. The van der Waals surface area contributed by atoms with Gasteiger partial charge in [-0.3, -0.25) is 9.78 Å². The average Bonchev–Trinajstić information content (AvgIpc) is 2.72. The van der Waals surface area contributed by atoms with Gasteiger partial charge in [0.1, 0.15) is 0 Å². The summed E-state index contributed by atoms with van der Waals surface area (Å²) in [4.78, 5) is 33.2. The molecule has 2 aliphatic heterocycles. The third kappa shape index (κ3) is 3.15. The minimum atomic E-state index is -0.496. The molecule has 2 aliphatic rings. The van der Waals surface area contributed by atoms with Crippen LogP contribution >= 0.6 is 0 Å². The molecule has 7 nitrogen and oxygen atoms in total. The van der Waals surface area contributed by atoms with Crippen molar-refractivity contribution >= 4 is 11.9 Å². The molecule has 2 saturated heterocycles. The largest absolute Gasteiger partial charge is 0.394 e. The van der Waals surface area contributed by atoms with E-state index in [0.717, 1.165) is 12.0 Å². The van der Waals surface area contributed by atoms with Gasteiger partial charge >= 0.3 is 6.03 Å². The second-order valence-corrected chi connectivity index (χ2v) is 7.75. The first kappa shape index (κ1) is 19.4. The van der Waals surface area contributed by atoms with Crippen LogP contribution < -0.4 is 5.32 Å². The fraction of sp³-hybridized carbons (Fsp3) is 0.409. The Morgan fingerprint density at radius 2 is 1.97 bits per heavy atom. The number of nitrogens with one attached hydrogen (secondary N) is 1. The summed E-state index contributed by atoms with van der Waals surface area (Å²) in [5.74, 6) is -0.101. The van der Waals surface area contributed by atoms with E-state index in [1.54, 1.807) is 34.3 Å². The molecular weight excluding hydrogens is 368 g/mol. The van der Waals surface area contributed by atoms with Crippen molar-refractivity contribution < 1.29 is 14.7 Å². The number of nitrogens with zero attached hydrogens (tertiary/aromatic N) is 3. The van der Waals surface area contributed by atoms with Crippen LogP contribution in [-0.2, 0) is 0 Å². The normalized spacial score (nSPS) is 22.0. The van der Waals surface area contributed by atoms with Crippen LogP contribution in [-0.4, -0.2) is 69.7 Å². The molecule has 0 radical (unpaired) electrons. The summed E-state index contributed by atoms with van der Waals surface area (Å²) in [5.41, 5.74) is 1.13. The highest BCUT2D eigenvalue weighted by atomic mass is 16.3. The maximum absolute atomic E-state index is 12.9. The lowest BCUT2D eigenvalue weighted by atomic mass is 9.61. The van der Waals surface area contributed by atoms with E-state index in [1.165, 1.54) is 0 Å². The molecule has 4 rings (SSSR count). The maximum atomic E-state index is 12.9. The molecule has 0 bridgehead atoms. The molecule has 0 unspecified atom stereocenters. The molecular formula is C22H26N4O3. The molecule has 2 aromatic rings. The van der Waals surface area contributed by atoms with E-state index >= 15 is 0 Å². The minimum Gasteiger partial charge on any atom is -0.394 e. The van der Waals surface area contributed by atoms with Crippen molar-refractivity contribution in [2.75, 3.05) is 26.2 Å². The smallest absolute Gasteiger partial charge is 0.318 e. The molecule has 3 amide bonds. The summed E-state index contributed by atoms with van der Waals surface area (Å²) < 4.78 is 0. The predicted octanol–water partition coefficient (Wildman–Crippen LogP) is 1.86. The lowest BCUT2D eigenvalue weighted by Crippen LogP contribution is -2.86. The Morgan fingerprint density at radius 1 is 1.21 bits per heavy atom. The van der Waals surface area contributed by atoms with Crippen LogP contribution in [0.5, 0.6) is 0 Å². The lowest BCUT2D eigenvalue weighted by Gasteiger charge is -2.70. The van der Waals surface area contributed by atoms with Crippen molar-refractivity contribution in [3.8, 4) is 0 Å². The van der Waals surface area contributed by atoms with E-state index in [1.807, 2.05) is 37.3 Å². The van der Waals surface area contributed by atoms with E-state index in [-0.39, 0.29) is 30.5 Å². The molecule has 3 heterocycles. The highest BCUT2D eigenvalue weighted by Gasteiger charge is 2.68. The van der Waals surface area contributed by atoms with E-state index in [0.29, 0.717) is 25.2 Å². The van der Waals surface area contributed by atoms with Gasteiger partial charge in [-0.1, -0.05) is 37.3 Å². The molecule has 2 atom stereocenters. The highest BCUT2D eigenvalue weighted by molar-refractivity contribution is 5.95. The first-order chi connectivity index (χ1) is 14.1. The molecule has 7 heteroatoms. The van der Waals surface area contributed by atoms with Gasteiger partial charge in [0.2, 0.25) is 0 Å². The number of urea groups is 1. The van der Waals surface area contributed by atoms with Crippen LogP contribution in [0, 0.1) is 0 Å². The fourth-order valence-corrected chi connectivity index (χ4v) is 4.73. The predicted molar refractivity (Wildman–Crippen MR) is 108 cm³/mol. The third-order valence-electron chi connectivity index (χ3n) is 5.99. The van der Waals surface area contributed by atoms with Gasteiger partial charge in [-0.2, -0.15) is 0 Å². The molecule has 0 aliphatic carbocycles. The van der Waals surface area contributed by atoms with Crippen LogP contribution in [0.2, 0.25) is 0 Å². The van der Waals surface area contributed by atoms with Crippen LogP contribution in [0.25, 0.3) is 0 Å². The lowest BCUT2D eigenvalue weighted by molar-refractivity contribution is -0.148. The van der Waals surface area contributed by atoms with E-state index in [9.17, 15) is 14.7 Å². The van der Waals surface area contributed by atoms with Gasteiger partial charge in [0.25, 0.3) is 5.91 Å². The summed E-state index contributed by atoms with van der Waals surface area (Å²) in [7, 11) is 0. The van der Waals surface area contributed by atoms with Crippen LogP contribution in [0.4, 0.5) is 4.79 Å². The first-order valence-electron chi connectivity index (χ1n) is 10.0. The SMILES string of the molecule is CCCNC(=O)N1[C@@H](CO)[C@@H](c2ccccc2)C12CN(C(=O)c1cccnc1)C2. The Morgan fingerprint density at radius 3 is 2.59 bits per heavy atom. The van der Waals surface area contributed by atoms with Gasteiger partial charge < -0.3 is 20.2 Å². The number of likely N-dealkylation sites (tertiary alicyclic amines) is 2. The maximum Gasteiger partial charge on any atom is 0.318 e. The zero-order chi connectivity index (χ0) is 20.4. The first-order valence-corrected chi connectivity index (χ1v) is 10.0. The number of carbonyl (C=O) groups excluding carboxylic acids is 2. The molecule has 152 valence electrons. The summed E-state index contributed by atoms with van der Waals surface area (Å²) in [6, 6.07) is 13.0. The topological polar surface area (TPSA) is 85.8 Å². The number of rotatable bonds is 5. The number of aromatic nitrogens is 1. The second-order valence-electron chi connectivity index (χ2n) is 7.75. The van der Waals surface area contributed by atoms with E-state index in [4.69, 9.17) is 0 Å². The number of hydrogen-bond donors (Lipinski definition) is 2. The summed E-state index contributed by atoms with van der Waals surface area (Å²) in [5, 5.41) is 13.0. The summed E-state index contributed by atoms with van der Waals surface area (Å²) in [6.07, 6.45) is 4.03. The summed E-state index contributed by atoms with van der Waals surface area (Å²) in [6.45, 7) is 3.35. The van der Waals surface area contributed by atoms with Crippen molar-refractivity contribution in [1.29, 1.82) is 0 Å². The number of carbonyl (C=O) groups is 2. The number of benzene rings is 1. The van der Waals surface area contributed by atoms with Crippen molar-refractivity contribution in [2.24, 2.45) is 0 Å². The van der Waals surface area contributed by atoms with E-state index < -0.39 is 5.54 Å². The Kier molecular flexibility index (Phi) is 5.24. The Hall–Kier alpha value is -2.93. The van der Waals surface area contributed by atoms with Gasteiger partial charge in [-0.05, 0) is 24.1 Å². The molecule has 2 fully saturated rings. The van der Waals surface area contributed by atoms with Crippen molar-refractivity contribution in [3.05, 3.63) is 66.0 Å². The Balaban J connectivity index is 1.60. The van der Waals surface area contributed by atoms with Gasteiger partial charge in [0.15, 0.2) is 0 Å².